The number of hydrogen-bond acceptors (Lipinski definition) is 3. The van der Waals surface area contributed by atoms with Gasteiger partial charge in [-0.05, 0) is 26.5 Å². The van der Waals surface area contributed by atoms with Gasteiger partial charge in [0.1, 0.15) is 10.8 Å². The molecule has 0 saturated carbocycles. The summed E-state index contributed by atoms with van der Waals surface area (Å²) in [6.45, 7) is 2.91. The molecule has 1 atom stereocenters. The van der Waals surface area contributed by atoms with Crippen LogP contribution in [0.25, 0.3) is 0 Å². The van der Waals surface area contributed by atoms with Crippen molar-refractivity contribution in [2.24, 2.45) is 5.73 Å². The number of benzene rings is 1. The molecule has 1 aromatic carbocycles. The van der Waals surface area contributed by atoms with Crippen LogP contribution in [0.4, 0.5) is 4.39 Å². The van der Waals surface area contributed by atoms with Crippen molar-refractivity contribution < 1.29 is 9.50 Å². The molecule has 1 aromatic rings. The number of nitrogens with two attached hydrogens (primary N) is 1. The number of thiocarbonyl (C=S) groups is 1. The second-order valence-corrected chi connectivity index (χ2v) is 4.96. The second kappa shape index (κ2) is 6.78. The van der Waals surface area contributed by atoms with Crippen molar-refractivity contribution in [2.45, 2.75) is 26.0 Å². The zero-order chi connectivity index (χ0) is 13.7. The lowest BCUT2D eigenvalue weighted by Crippen LogP contribution is -2.23. The molecule has 0 saturated heterocycles. The molecule has 0 aliphatic carbocycles. The molecule has 0 amide bonds. The van der Waals surface area contributed by atoms with Gasteiger partial charge >= 0.3 is 0 Å². The number of aliphatic hydroxyl groups is 1. The summed E-state index contributed by atoms with van der Waals surface area (Å²) in [5, 5.41) is 9.20. The number of halogens is 1. The first-order valence-electron chi connectivity index (χ1n) is 5.85. The SMILES string of the molecule is CC(O)CCN(C)Cc1cccc(C(N)=S)c1F. The van der Waals surface area contributed by atoms with Gasteiger partial charge in [-0.2, -0.15) is 0 Å². The lowest BCUT2D eigenvalue weighted by molar-refractivity contribution is 0.162. The molecule has 0 fully saturated rings. The third-order valence-electron chi connectivity index (χ3n) is 2.71. The highest BCUT2D eigenvalue weighted by molar-refractivity contribution is 7.80. The number of hydrogen-bond donors (Lipinski definition) is 2. The van der Waals surface area contributed by atoms with Gasteiger partial charge in [0.2, 0.25) is 0 Å². The molecule has 5 heteroatoms. The summed E-state index contributed by atoms with van der Waals surface area (Å²) >= 11 is 4.80. The minimum Gasteiger partial charge on any atom is -0.393 e. The summed E-state index contributed by atoms with van der Waals surface area (Å²) in [5.41, 5.74) is 6.30. The van der Waals surface area contributed by atoms with Crippen LogP contribution in [0.1, 0.15) is 24.5 Å². The highest BCUT2D eigenvalue weighted by atomic mass is 32.1. The van der Waals surface area contributed by atoms with Crippen molar-refractivity contribution in [2.75, 3.05) is 13.6 Å². The van der Waals surface area contributed by atoms with Gasteiger partial charge in [0.05, 0.1) is 6.10 Å². The normalized spacial score (nSPS) is 12.7. The van der Waals surface area contributed by atoms with Crippen molar-refractivity contribution in [3.05, 3.63) is 35.1 Å². The zero-order valence-electron chi connectivity index (χ0n) is 10.7. The van der Waals surface area contributed by atoms with Gasteiger partial charge < -0.3 is 15.7 Å². The summed E-state index contributed by atoms with van der Waals surface area (Å²) in [7, 11) is 1.88. The fraction of sp³-hybridized carbons (Fsp3) is 0.462. The van der Waals surface area contributed by atoms with Crippen LogP contribution >= 0.6 is 12.2 Å². The molecule has 0 aliphatic heterocycles. The molecule has 0 spiro atoms. The van der Waals surface area contributed by atoms with Crippen LogP contribution in [0.5, 0.6) is 0 Å². The van der Waals surface area contributed by atoms with E-state index in [2.05, 4.69) is 0 Å². The molecule has 18 heavy (non-hydrogen) atoms. The highest BCUT2D eigenvalue weighted by Gasteiger charge is 2.11. The Morgan fingerprint density at radius 3 is 2.78 bits per heavy atom. The molecular weight excluding hydrogens is 251 g/mol. The third kappa shape index (κ3) is 4.33. The van der Waals surface area contributed by atoms with Gasteiger partial charge in [0, 0.05) is 24.2 Å². The van der Waals surface area contributed by atoms with Gasteiger partial charge in [-0.15, -0.1) is 0 Å². The summed E-state index contributed by atoms with van der Waals surface area (Å²) in [6.07, 6.45) is 0.313. The van der Waals surface area contributed by atoms with E-state index in [9.17, 15) is 9.50 Å². The fourth-order valence-electron chi connectivity index (χ4n) is 1.67. The van der Waals surface area contributed by atoms with Crippen LogP contribution in [-0.4, -0.2) is 34.7 Å². The molecule has 0 heterocycles. The number of nitrogens with zero attached hydrogens (tertiary/aromatic N) is 1. The van der Waals surface area contributed by atoms with Crippen LogP contribution in [0.15, 0.2) is 18.2 Å². The molecule has 0 aliphatic rings. The topological polar surface area (TPSA) is 49.5 Å². The van der Waals surface area contributed by atoms with E-state index in [1.807, 2.05) is 11.9 Å². The van der Waals surface area contributed by atoms with Crippen LogP contribution in [0.2, 0.25) is 0 Å². The lowest BCUT2D eigenvalue weighted by Gasteiger charge is -2.18. The first kappa shape index (κ1) is 15.0. The van der Waals surface area contributed by atoms with E-state index in [-0.39, 0.29) is 22.5 Å². The van der Waals surface area contributed by atoms with Gasteiger partial charge in [-0.3, -0.25) is 0 Å². The van der Waals surface area contributed by atoms with Crippen molar-refractivity contribution in [3.8, 4) is 0 Å². The Morgan fingerprint density at radius 1 is 1.56 bits per heavy atom. The van der Waals surface area contributed by atoms with Crippen molar-refractivity contribution in [1.29, 1.82) is 0 Å². The smallest absolute Gasteiger partial charge is 0.137 e. The average molecular weight is 270 g/mol. The summed E-state index contributed by atoms with van der Waals surface area (Å²) in [6, 6.07) is 5.04. The predicted octanol–water partition coefficient (Wildman–Crippen LogP) is 1.66. The molecule has 0 radical (unpaired) electrons. The molecule has 3 nitrogen and oxygen atoms in total. The number of rotatable bonds is 6. The largest absolute Gasteiger partial charge is 0.393 e. The van der Waals surface area contributed by atoms with Crippen molar-refractivity contribution >= 4 is 17.2 Å². The maximum absolute atomic E-state index is 14.0. The molecule has 1 unspecified atom stereocenters. The van der Waals surface area contributed by atoms with E-state index in [1.165, 1.54) is 0 Å². The van der Waals surface area contributed by atoms with Crippen LogP contribution in [0, 0.1) is 5.82 Å². The minimum atomic E-state index is -0.353. The Balaban J connectivity index is 2.73. The summed E-state index contributed by atoms with van der Waals surface area (Å²) < 4.78 is 14.0. The van der Waals surface area contributed by atoms with Crippen LogP contribution < -0.4 is 5.73 Å². The Kier molecular flexibility index (Phi) is 5.65. The van der Waals surface area contributed by atoms with E-state index in [0.717, 1.165) is 0 Å². The minimum absolute atomic E-state index is 0.0704. The maximum Gasteiger partial charge on any atom is 0.137 e. The Labute approximate surface area is 112 Å². The van der Waals surface area contributed by atoms with Gasteiger partial charge in [-0.25, -0.2) is 4.39 Å². The molecule has 1 rings (SSSR count). The molecular formula is C13H19FN2OS. The van der Waals surface area contributed by atoms with Crippen LogP contribution in [0.3, 0.4) is 0 Å². The second-order valence-electron chi connectivity index (χ2n) is 4.52. The average Bonchev–Trinajstić information content (AvgIpc) is 2.29. The van der Waals surface area contributed by atoms with E-state index in [0.29, 0.717) is 25.1 Å². The quantitative estimate of drug-likeness (QED) is 0.772. The Bertz CT molecular complexity index is 423. The zero-order valence-corrected chi connectivity index (χ0v) is 11.5. The van der Waals surface area contributed by atoms with Crippen molar-refractivity contribution in [1.82, 2.24) is 4.90 Å². The molecule has 0 bridgehead atoms. The maximum atomic E-state index is 14.0. The highest BCUT2D eigenvalue weighted by Crippen LogP contribution is 2.14. The number of aliphatic hydroxyl groups excluding tert-OH is 1. The Hall–Kier alpha value is -1.04. The summed E-state index contributed by atoms with van der Waals surface area (Å²) in [4.78, 5) is 2.02. The predicted molar refractivity (Wildman–Crippen MR) is 74.9 cm³/mol. The van der Waals surface area contributed by atoms with Gasteiger partial charge in [-0.1, -0.05) is 24.4 Å². The molecule has 100 valence electrons. The van der Waals surface area contributed by atoms with Gasteiger partial charge in [0.15, 0.2) is 0 Å². The van der Waals surface area contributed by atoms with E-state index in [4.69, 9.17) is 18.0 Å². The monoisotopic (exact) mass is 270 g/mol. The van der Waals surface area contributed by atoms with Crippen LogP contribution in [-0.2, 0) is 6.54 Å². The Morgan fingerprint density at radius 2 is 2.22 bits per heavy atom. The van der Waals surface area contributed by atoms with E-state index < -0.39 is 0 Å². The van der Waals surface area contributed by atoms with E-state index >= 15 is 0 Å². The lowest BCUT2D eigenvalue weighted by atomic mass is 10.1. The van der Waals surface area contributed by atoms with E-state index in [1.54, 1.807) is 25.1 Å². The molecule has 3 N–H and O–H groups in total. The molecule has 0 aromatic heterocycles. The summed E-state index contributed by atoms with van der Waals surface area (Å²) in [5.74, 6) is -0.353. The fourth-order valence-corrected chi connectivity index (χ4v) is 1.83. The van der Waals surface area contributed by atoms with Gasteiger partial charge in [0.25, 0.3) is 0 Å². The van der Waals surface area contributed by atoms with Crippen molar-refractivity contribution in [3.63, 3.8) is 0 Å². The first-order chi connectivity index (χ1) is 8.41. The third-order valence-corrected chi connectivity index (χ3v) is 2.93. The standard InChI is InChI=1S/C13H19FN2OS/c1-9(17)6-7-16(2)8-10-4-3-5-11(12(10)14)13(15)18/h3-5,9,17H,6-8H2,1-2H3,(H2,15,18). The first-order valence-corrected chi connectivity index (χ1v) is 6.26.